The van der Waals surface area contributed by atoms with Crippen molar-refractivity contribution in [3.05, 3.63) is 46.7 Å². The quantitative estimate of drug-likeness (QED) is 0.775. The van der Waals surface area contributed by atoms with Crippen molar-refractivity contribution in [1.82, 2.24) is 9.97 Å². The molecule has 1 heterocycles. The average molecular weight is 259 g/mol. The monoisotopic (exact) mass is 258 g/mol. The molecule has 18 heavy (non-hydrogen) atoms. The van der Waals surface area contributed by atoms with E-state index in [0.29, 0.717) is 0 Å². The summed E-state index contributed by atoms with van der Waals surface area (Å²) in [5, 5.41) is 0.741. The minimum atomic E-state index is 0.741. The number of hydrogen-bond donors (Lipinski definition) is 0. The summed E-state index contributed by atoms with van der Waals surface area (Å²) in [6, 6.07) is 7.69. The van der Waals surface area contributed by atoms with Crippen LogP contribution in [0.15, 0.2) is 30.5 Å². The lowest BCUT2D eigenvalue weighted by molar-refractivity contribution is 0.492. The second-order valence-corrected chi connectivity index (χ2v) is 5.46. The summed E-state index contributed by atoms with van der Waals surface area (Å²) >= 11 is 5.89. The zero-order valence-corrected chi connectivity index (χ0v) is 11.1. The van der Waals surface area contributed by atoms with Gasteiger partial charge in [0.25, 0.3) is 0 Å². The summed E-state index contributed by atoms with van der Waals surface area (Å²) in [5.41, 5.74) is 3.56. The first-order valence-electron chi connectivity index (χ1n) is 6.33. The number of nitrogens with zero attached hydrogens (tertiary/aromatic N) is 2. The van der Waals surface area contributed by atoms with Crippen molar-refractivity contribution < 1.29 is 0 Å². The van der Waals surface area contributed by atoms with Crippen LogP contribution in [0, 0.1) is 5.92 Å². The van der Waals surface area contributed by atoms with Crippen molar-refractivity contribution >= 4 is 11.6 Å². The highest BCUT2D eigenvalue weighted by molar-refractivity contribution is 6.30. The molecule has 0 bridgehead atoms. The van der Waals surface area contributed by atoms with Crippen LogP contribution in [0.2, 0.25) is 5.02 Å². The van der Waals surface area contributed by atoms with E-state index in [9.17, 15) is 0 Å². The molecule has 1 aliphatic rings. The predicted molar refractivity (Wildman–Crippen MR) is 73.7 cm³/mol. The van der Waals surface area contributed by atoms with Crippen LogP contribution in [-0.4, -0.2) is 9.97 Å². The van der Waals surface area contributed by atoms with Crippen molar-refractivity contribution in [2.45, 2.75) is 26.2 Å². The summed E-state index contributed by atoms with van der Waals surface area (Å²) < 4.78 is 0. The third-order valence-corrected chi connectivity index (χ3v) is 3.75. The van der Waals surface area contributed by atoms with Crippen LogP contribution in [0.1, 0.15) is 24.6 Å². The van der Waals surface area contributed by atoms with Crippen molar-refractivity contribution in [2.75, 3.05) is 0 Å². The summed E-state index contributed by atoms with van der Waals surface area (Å²) in [6.45, 7) is 2.29. The van der Waals surface area contributed by atoms with Crippen LogP contribution in [0.4, 0.5) is 0 Å². The Morgan fingerprint density at radius 3 is 2.78 bits per heavy atom. The van der Waals surface area contributed by atoms with E-state index in [2.05, 4.69) is 11.9 Å². The van der Waals surface area contributed by atoms with E-state index in [4.69, 9.17) is 16.6 Å². The molecule has 1 aromatic heterocycles. The average Bonchev–Trinajstić information content (AvgIpc) is 2.39. The van der Waals surface area contributed by atoms with Gasteiger partial charge >= 0.3 is 0 Å². The van der Waals surface area contributed by atoms with Crippen LogP contribution in [0.25, 0.3) is 11.4 Å². The first-order valence-corrected chi connectivity index (χ1v) is 6.71. The molecule has 0 saturated carbocycles. The van der Waals surface area contributed by atoms with Crippen molar-refractivity contribution in [3.63, 3.8) is 0 Å². The zero-order chi connectivity index (χ0) is 12.5. The second-order valence-electron chi connectivity index (χ2n) is 5.02. The molecule has 1 unspecified atom stereocenters. The maximum Gasteiger partial charge on any atom is 0.159 e. The number of fused-ring (bicyclic) bond motifs is 1. The van der Waals surface area contributed by atoms with Crippen LogP contribution < -0.4 is 0 Å². The molecule has 0 aliphatic heterocycles. The van der Waals surface area contributed by atoms with E-state index >= 15 is 0 Å². The predicted octanol–water partition coefficient (Wildman–Crippen LogP) is 3.92. The summed E-state index contributed by atoms with van der Waals surface area (Å²) in [4.78, 5) is 9.17. The topological polar surface area (TPSA) is 25.8 Å². The van der Waals surface area contributed by atoms with Crippen LogP contribution in [-0.2, 0) is 12.8 Å². The van der Waals surface area contributed by atoms with Crippen molar-refractivity contribution in [1.29, 1.82) is 0 Å². The van der Waals surface area contributed by atoms with Crippen molar-refractivity contribution in [2.24, 2.45) is 5.92 Å². The Balaban J connectivity index is 1.97. The summed E-state index contributed by atoms with van der Waals surface area (Å²) in [7, 11) is 0. The molecule has 0 spiro atoms. The van der Waals surface area contributed by atoms with E-state index in [0.717, 1.165) is 35.2 Å². The number of aryl methyl sites for hydroxylation is 1. The maximum atomic E-state index is 5.89. The molecule has 0 radical (unpaired) electrons. The highest BCUT2D eigenvalue weighted by atomic mass is 35.5. The van der Waals surface area contributed by atoms with Gasteiger partial charge in [0.15, 0.2) is 5.82 Å². The molecule has 1 aliphatic carbocycles. The molecule has 0 saturated heterocycles. The smallest absolute Gasteiger partial charge is 0.159 e. The van der Waals surface area contributed by atoms with E-state index in [1.807, 2.05) is 30.5 Å². The Kier molecular flexibility index (Phi) is 3.04. The fourth-order valence-electron chi connectivity index (χ4n) is 2.43. The maximum absolute atomic E-state index is 5.89. The van der Waals surface area contributed by atoms with Gasteiger partial charge in [-0.25, -0.2) is 9.97 Å². The largest absolute Gasteiger partial charge is 0.236 e. The number of hydrogen-bond acceptors (Lipinski definition) is 2. The Bertz CT molecular complexity index is 563. The van der Waals surface area contributed by atoms with E-state index in [-0.39, 0.29) is 0 Å². The lowest BCUT2D eigenvalue weighted by atomic mass is 9.89. The Morgan fingerprint density at radius 1 is 1.22 bits per heavy atom. The summed E-state index contributed by atoms with van der Waals surface area (Å²) in [6.07, 6.45) is 5.39. The van der Waals surface area contributed by atoms with Crippen LogP contribution in [0.5, 0.6) is 0 Å². The molecule has 1 aromatic carbocycles. The minimum absolute atomic E-state index is 0.741. The third kappa shape index (κ3) is 2.25. The number of halogens is 1. The van der Waals surface area contributed by atoms with Gasteiger partial charge in [0.2, 0.25) is 0 Å². The normalized spacial score (nSPS) is 18.4. The highest BCUT2D eigenvalue weighted by Gasteiger charge is 2.17. The Hall–Kier alpha value is -1.41. The fraction of sp³-hybridized carbons (Fsp3) is 0.333. The molecule has 0 fully saturated rings. The molecule has 1 atom stereocenters. The molecule has 2 nitrogen and oxygen atoms in total. The van der Waals surface area contributed by atoms with Gasteiger partial charge in [-0.3, -0.25) is 0 Å². The lowest BCUT2D eigenvalue weighted by Gasteiger charge is -2.20. The van der Waals surface area contributed by atoms with Crippen LogP contribution in [0.3, 0.4) is 0 Å². The third-order valence-electron chi connectivity index (χ3n) is 3.50. The molecule has 2 aromatic rings. The SMILES string of the molecule is CC1CCc2nc(-c3ccc(Cl)cc3)ncc2C1. The van der Waals surface area contributed by atoms with E-state index in [1.165, 1.54) is 17.7 Å². The lowest BCUT2D eigenvalue weighted by Crippen LogP contribution is -2.13. The van der Waals surface area contributed by atoms with Gasteiger partial charge in [-0.05, 0) is 55.0 Å². The van der Waals surface area contributed by atoms with Gasteiger partial charge in [-0.15, -0.1) is 0 Å². The molecular weight excluding hydrogens is 244 g/mol. The van der Waals surface area contributed by atoms with Gasteiger partial charge in [0, 0.05) is 22.5 Å². The van der Waals surface area contributed by atoms with E-state index < -0.39 is 0 Å². The second kappa shape index (κ2) is 4.69. The van der Waals surface area contributed by atoms with Crippen LogP contribution >= 0.6 is 11.6 Å². The highest BCUT2D eigenvalue weighted by Crippen LogP contribution is 2.25. The van der Waals surface area contributed by atoms with Gasteiger partial charge in [-0.2, -0.15) is 0 Å². The van der Waals surface area contributed by atoms with Gasteiger partial charge < -0.3 is 0 Å². The standard InChI is InChI=1S/C15H15ClN2/c1-10-2-7-14-12(8-10)9-17-15(18-14)11-3-5-13(16)6-4-11/h3-6,9-10H,2,7-8H2,1H3. The molecule has 0 N–H and O–H groups in total. The Morgan fingerprint density at radius 2 is 2.00 bits per heavy atom. The van der Waals surface area contributed by atoms with Gasteiger partial charge in [0.05, 0.1) is 0 Å². The first kappa shape index (κ1) is 11.7. The first-order chi connectivity index (χ1) is 8.72. The van der Waals surface area contributed by atoms with Crippen molar-refractivity contribution in [3.8, 4) is 11.4 Å². The molecule has 0 amide bonds. The zero-order valence-electron chi connectivity index (χ0n) is 10.4. The van der Waals surface area contributed by atoms with E-state index in [1.54, 1.807) is 0 Å². The molecular formula is C15H15ClN2. The molecule has 3 rings (SSSR count). The Labute approximate surface area is 112 Å². The molecule has 3 heteroatoms. The number of rotatable bonds is 1. The minimum Gasteiger partial charge on any atom is -0.236 e. The summed E-state index contributed by atoms with van der Waals surface area (Å²) in [5.74, 6) is 1.56. The number of benzene rings is 1. The van der Waals surface area contributed by atoms with Gasteiger partial charge in [0.1, 0.15) is 0 Å². The van der Waals surface area contributed by atoms with Gasteiger partial charge in [-0.1, -0.05) is 18.5 Å². The number of aromatic nitrogens is 2. The molecule has 92 valence electrons. The fourth-order valence-corrected chi connectivity index (χ4v) is 2.55.